The summed E-state index contributed by atoms with van der Waals surface area (Å²) in [5.41, 5.74) is -1.92. The maximum atomic E-state index is 15.3. The number of carboxylic acid groups (broad SMARTS) is 1. The molecule has 0 aliphatic carbocycles. The van der Waals surface area contributed by atoms with E-state index in [-0.39, 0.29) is 66.0 Å². The summed E-state index contributed by atoms with van der Waals surface area (Å²) in [4.78, 5) is 56.8. The normalized spacial score (nSPS) is 15.3. The number of aliphatic hydroxyl groups is 1. The van der Waals surface area contributed by atoms with E-state index in [1.165, 1.54) is 54.3 Å². The van der Waals surface area contributed by atoms with Crippen LogP contribution in [0.2, 0.25) is 0 Å². The quantitative estimate of drug-likeness (QED) is 0.210. The fraction of sp³-hybridized carbons (Fsp3) is 0.375. The van der Waals surface area contributed by atoms with Gasteiger partial charge in [-0.15, -0.1) is 0 Å². The monoisotopic (exact) mass is 676 g/mol. The summed E-state index contributed by atoms with van der Waals surface area (Å²) in [7, 11) is 4.53. The van der Waals surface area contributed by atoms with Crippen molar-refractivity contribution in [1.29, 1.82) is 0 Å². The number of hydrogen-bond donors (Lipinski definition) is 4. The number of halogens is 3. The number of alkyl halides is 2. The van der Waals surface area contributed by atoms with Crippen LogP contribution < -0.4 is 25.0 Å². The van der Waals surface area contributed by atoms with Crippen LogP contribution in [0.25, 0.3) is 10.8 Å². The Bertz CT molecular complexity index is 1720. The number of nitrogens with one attached hydrogen (secondary N) is 2. The van der Waals surface area contributed by atoms with Crippen LogP contribution in [0, 0.1) is 0 Å². The average molecular weight is 677 g/mol. The Balaban J connectivity index is 1.96. The zero-order chi connectivity index (χ0) is 35.3. The lowest BCUT2D eigenvalue weighted by atomic mass is 9.91. The maximum absolute atomic E-state index is 15.3. The molecule has 16 heteroatoms. The average Bonchev–Trinajstić information content (AvgIpc) is 3.21. The van der Waals surface area contributed by atoms with E-state index < -0.39 is 52.2 Å². The van der Waals surface area contributed by atoms with Crippen molar-refractivity contribution in [3.63, 3.8) is 0 Å². The molecule has 0 saturated heterocycles. The lowest BCUT2D eigenvalue weighted by Gasteiger charge is -2.28. The van der Waals surface area contributed by atoms with Gasteiger partial charge in [0.25, 0.3) is 5.91 Å². The second-order valence-electron chi connectivity index (χ2n) is 11.1. The van der Waals surface area contributed by atoms with Gasteiger partial charge in [-0.1, -0.05) is 18.2 Å². The number of nitrogens with zero attached hydrogens (tertiary/aromatic N) is 2. The Hall–Kier alpha value is -4.93. The molecule has 0 fully saturated rings. The first kappa shape index (κ1) is 35.9. The highest BCUT2D eigenvalue weighted by atomic mass is 19.3. The number of carbonyl (C=O) groups excluding carboxylic acids is 3. The first-order valence-corrected chi connectivity index (χ1v) is 14.7. The van der Waals surface area contributed by atoms with Crippen LogP contribution in [0.15, 0.2) is 42.5 Å². The van der Waals surface area contributed by atoms with Crippen molar-refractivity contribution in [3.05, 3.63) is 64.7 Å². The van der Waals surface area contributed by atoms with E-state index in [0.29, 0.717) is 6.54 Å². The van der Waals surface area contributed by atoms with Gasteiger partial charge in [0.2, 0.25) is 5.91 Å². The van der Waals surface area contributed by atoms with E-state index in [2.05, 4.69) is 15.6 Å². The number of rotatable bonds is 13. The first-order chi connectivity index (χ1) is 22.8. The summed E-state index contributed by atoms with van der Waals surface area (Å²) in [5, 5.41) is 24.8. The number of methoxy groups -OCH3 is 1. The molecule has 2 atom stereocenters. The highest BCUT2D eigenvalue weighted by molar-refractivity contribution is 6.06. The van der Waals surface area contributed by atoms with Crippen LogP contribution in [0.1, 0.15) is 38.8 Å². The molecule has 3 aromatic carbocycles. The highest BCUT2D eigenvalue weighted by Gasteiger charge is 2.48. The molecule has 258 valence electrons. The minimum Gasteiger partial charge on any atom is -0.496 e. The molecule has 1 aliphatic heterocycles. The van der Waals surface area contributed by atoms with Crippen molar-refractivity contribution in [2.75, 3.05) is 52.4 Å². The minimum atomic E-state index is -4.72. The van der Waals surface area contributed by atoms with Crippen LogP contribution in [-0.2, 0) is 27.0 Å². The number of para-hydroxylation sites is 1. The number of carbonyl (C=O) groups is 4. The molecule has 3 aromatic rings. The number of amides is 2. The molecule has 0 bridgehead atoms. The number of benzene rings is 3. The molecule has 0 spiro atoms. The van der Waals surface area contributed by atoms with Gasteiger partial charge in [-0.25, -0.2) is 14.5 Å². The number of carboxylic acids is 1. The van der Waals surface area contributed by atoms with Crippen LogP contribution >= 0.6 is 0 Å². The summed E-state index contributed by atoms with van der Waals surface area (Å²) in [6.07, 6.45) is 0. The molecule has 0 radical (unpaired) electrons. The van der Waals surface area contributed by atoms with Crippen molar-refractivity contribution < 1.29 is 57.1 Å². The van der Waals surface area contributed by atoms with E-state index in [4.69, 9.17) is 9.47 Å². The molecule has 0 aromatic heterocycles. The summed E-state index contributed by atoms with van der Waals surface area (Å²) in [6, 6.07) is 7.94. The Morgan fingerprint density at radius 3 is 2.48 bits per heavy atom. The van der Waals surface area contributed by atoms with Crippen molar-refractivity contribution in [3.8, 4) is 11.5 Å². The third-order valence-electron chi connectivity index (χ3n) is 8.10. The maximum Gasteiger partial charge on any atom is 0.422 e. The van der Waals surface area contributed by atoms with Gasteiger partial charge in [0.05, 0.1) is 42.6 Å². The van der Waals surface area contributed by atoms with Crippen molar-refractivity contribution in [1.82, 2.24) is 15.5 Å². The zero-order valence-electron chi connectivity index (χ0n) is 26.5. The van der Waals surface area contributed by atoms with Crippen molar-refractivity contribution >= 4 is 40.2 Å². The first-order valence-electron chi connectivity index (χ1n) is 14.7. The van der Waals surface area contributed by atoms with Gasteiger partial charge in [-0.3, -0.25) is 9.59 Å². The Morgan fingerprint density at radius 1 is 1.15 bits per heavy atom. The van der Waals surface area contributed by atoms with Crippen LogP contribution in [0.3, 0.4) is 0 Å². The third-order valence-corrected chi connectivity index (χ3v) is 8.10. The predicted octanol–water partition coefficient (Wildman–Crippen LogP) is 2.62. The molecular weight excluding hydrogens is 641 g/mol. The van der Waals surface area contributed by atoms with E-state index >= 15 is 8.78 Å². The fourth-order valence-electron chi connectivity index (χ4n) is 5.42. The summed E-state index contributed by atoms with van der Waals surface area (Å²) >= 11 is 0. The highest BCUT2D eigenvalue weighted by Crippen LogP contribution is 2.43. The summed E-state index contributed by atoms with van der Waals surface area (Å²) in [5.74, 6) is -10.00. The number of fused-ring (bicyclic) bond motifs is 2. The number of aromatic carboxylic acids is 1. The lowest BCUT2D eigenvalue weighted by Crippen LogP contribution is -2.51. The van der Waals surface area contributed by atoms with Gasteiger partial charge in [0.15, 0.2) is 5.75 Å². The second kappa shape index (κ2) is 14.9. The largest absolute Gasteiger partial charge is 0.496 e. The molecule has 4 N–H and O–H groups in total. The molecule has 13 nitrogen and oxygen atoms in total. The van der Waals surface area contributed by atoms with Crippen molar-refractivity contribution in [2.24, 2.45) is 0 Å². The number of likely N-dealkylation sites (N-methyl/N-ethyl adjacent to an activating group) is 2. The van der Waals surface area contributed by atoms with E-state index in [9.17, 15) is 33.9 Å². The zero-order valence-corrected chi connectivity index (χ0v) is 26.5. The molecular formula is C32H35F3N4O9. The van der Waals surface area contributed by atoms with Crippen LogP contribution in [-0.4, -0.2) is 98.5 Å². The number of aliphatic hydroxyl groups excluding tert-OH is 1. The van der Waals surface area contributed by atoms with Crippen LogP contribution in [0.5, 0.6) is 11.5 Å². The Morgan fingerprint density at radius 2 is 1.85 bits per heavy atom. The molecule has 1 heterocycles. The molecule has 0 saturated carbocycles. The summed E-state index contributed by atoms with van der Waals surface area (Å²) < 4.78 is 55.0. The minimum absolute atomic E-state index is 0.0195. The van der Waals surface area contributed by atoms with Gasteiger partial charge >= 0.3 is 17.9 Å². The molecule has 2 amide bonds. The van der Waals surface area contributed by atoms with E-state index in [0.717, 1.165) is 12.1 Å². The summed E-state index contributed by atoms with van der Waals surface area (Å²) in [6.45, 7) is 1.38. The SMILES string of the molecule is CN[C@@H](C)CN[C@H]1COc2c(C(=O)N(C)CCO)cccc2N(Cc2c(OC)ccc3c(C(F)(F)C(=O)OF)c(C(=O)O)ccc23)C1=O. The van der Waals surface area contributed by atoms with Crippen LogP contribution in [0.4, 0.5) is 19.0 Å². The molecule has 1 aliphatic rings. The van der Waals surface area contributed by atoms with Gasteiger partial charge in [0, 0.05) is 36.3 Å². The van der Waals surface area contributed by atoms with Crippen molar-refractivity contribution in [2.45, 2.75) is 31.5 Å². The van der Waals surface area contributed by atoms with Gasteiger partial charge in [-0.2, -0.15) is 8.78 Å². The number of anilines is 1. The third kappa shape index (κ3) is 6.86. The van der Waals surface area contributed by atoms with Gasteiger partial charge < -0.3 is 40.1 Å². The smallest absolute Gasteiger partial charge is 0.422 e. The Labute approximate surface area is 273 Å². The predicted molar refractivity (Wildman–Crippen MR) is 166 cm³/mol. The fourth-order valence-corrected chi connectivity index (χ4v) is 5.42. The number of hydrogen-bond acceptors (Lipinski definition) is 10. The van der Waals surface area contributed by atoms with Gasteiger partial charge in [0.1, 0.15) is 18.4 Å². The lowest BCUT2D eigenvalue weighted by molar-refractivity contribution is -0.213. The Kier molecular flexibility index (Phi) is 11.1. The standard InChI is InChI=1S/C32H35F3N4O9/c1-17(36-2)14-37-23-16-47-27-21(28(41)38(3)12-13-40)6-5-7-24(27)39(29(23)42)15-22-18-8-9-20(30(43)44)26(32(33,34)31(45)48-35)19(18)10-11-25(22)46-4/h5-11,17,23,36-37,40H,12-16H2,1-4H3,(H,43,44)/t17-,23-/m0/s1. The molecule has 0 unspecified atom stereocenters. The number of ether oxygens (including phenoxy) is 2. The topological polar surface area (TPSA) is 167 Å². The molecule has 48 heavy (non-hydrogen) atoms. The van der Waals surface area contributed by atoms with Gasteiger partial charge in [-0.05, 0) is 49.0 Å². The van der Waals surface area contributed by atoms with E-state index in [1.807, 2.05) is 6.92 Å². The second-order valence-corrected chi connectivity index (χ2v) is 11.1. The molecule has 4 rings (SSSR count). The van der Waals surface area contributed by atoms with E-state index in [1.54, 1.807) is 7.05 Å².